The van der Waals surface area contributed by atoms with E-state index in [0.717, 1.165) is 0 Å². The van der Waals surface area contributed by atoms with Gasteiger partial charge in [-0.1, -0.05) is 0 Å². The third-order valence-corrected chi connectivity index (χ3v) is 1.49. The highest BCUT2D eigenvalue weighted by molar-refractivity contribution is 5.81. The average Bonchev–Trinajstić information content (AvgIpc) is 1.94. The molecule has 0 aromatic rings. The summed E-state index contributed by atoms with van der Waals surface area (Å²) in [5.41, 5.74) is -0.0494. The van der Waals surface area contributed by atoms with E-state index in [1.807, 2.05) is 13.8 Å². The molecule has 58 valence electrons. The van der Waals surface area contributed by atoms with Gasteiger partial charge in [0.2, 0.25) is 0 Å². The van der Waals surface area contributed by atoms with Crippen LogP contribution < -0.4 is 5.32 Å². The lowest BCUT2D eigenvalue weighted by Crippen LogP contribution is -2.42. The van der Waals surface area contributed by atoms with Crippen LogP contribution in [0.2, 0.25) is 0 Å². The minimum atomic E-state index is -0.0494. The van der Waals surface area contributed by atoms with Crippen molar-refractivity contribution in [2.24, 2.45) is 0 Å². The van der Waals surface area contributed by atoms with Crippen LogP contribution in [0.5, 0.6) is 0 Å². The Hall–Kier alpha value is -0.410. The molecule has 1 N–H and O–H groups in total. The molecule has 1 saturated heterocycles. The molecule has 0 amide bonds. The van der Waals surface area contributed by atoms with Crippen molar-refractivity contribution in [1.82, 2.24) is 5.32 Å². The number of carbonyl (C=O) groups is 1. The first-order valence-electron chi connectivity index (χ1n) is 3.45. The lowest BCUT2D eigenvalue weighted by molar-refractivity contribution is -0.121. The van der Waals surface area contributed by atoms with E-state index in [2.05, 4.69) is 5.32 Å². The van der Waals surface area contributed by atoms with Crippen molar-refractivity contribution in [2.75, 3.05) is 19.8 Å². The standard InChI is InChI=1S/C7H13NO2/c1-7(2)5-10-4-6(9)3-8-7/h8H,3-5H2,1-2H3. The van der Waals surface area contributed by atoms with Gasteiger partial charge in [-0.15, -0.1) is 0 Å². The Kier molecular flexibility index (Phi) is 2.06. The van der Waals surface area contributed by atoms with Crippen molar-refractivity contribution < 1.29 is 9.53 Å². The third kappa shape index (κ3) is 2.08. The van der Waals surface area contributed by atoms with Gasteiger partial charge in [-0.25, -0.2) is 0 Å². The Morgan fingerprint density at radius 2 is 2.30 bits per heavy atom. The smallest absolute Gasteiger partial charge is 0.172 e. The molecule has 3 nitrogen and oxygen atoms in total. The van der Waals surface area contributed by atoms with Crippen LogP contribution >= 0.6 is 0 Å². The number of hydrogen-bond donors (Lipinski definition) is 1. The fraction of sp³-hybridized carbons (Fsp3) is 0.857. The molecule has 0 aliphatic carbocycles. The van der Waals surface area contributed by atoms with Crippen LogP contribution in [-0.2, 0) is 9.53 Å². The summed E-state index contributed by atoms with van der Waals surface area (Å²) >= 11 is 0. The third-order valence-electron chi connectivity index (χ3n) is 1.49. The van der Waals surface area contributed by atoms with Gasteiger partial charge in [0.15, 0.2) is 5.78 Å². The molecule has 0 radical (unpaired) electrons. The molecule has 1 aliphatic rings. The van der Waals surface area contributed by atoms with Gasteiger partial charge in [-0.05, 0) is 13.8 Å². The number of ketones is 1. The van der Waals surface area contributed by atoms with E-state index in [1.165, 1.54) is 0 Å². The van der Waals surface area contributed by atoms with Gasteiger partial charge in [0, 0.05) is 5.54 Å². The number of carbonyl (C=O) groups excluding carboxylic acids is 1. The summed E-state index contributed by atoms with van der Waals surface area (Å²) in [6.07, 6.45) is 0. The quantitative estimate of drug-likeness (QED) is 0.517. The van der Waals surface area contributed by atoms with Crippen molar-refractivity contribution >= 4 is 5.78 Å². The van der Waals surface area contributed by atoms with E-state index in [9.17, 15) is 4.79 Å². The molecule has 0 saturated carbocycles. The highest BCUT2D eigenvalue weighted by Crippen LogP contribution is 2.04. The summed E-state index contributed by atoms with van der Waals surface area (Å²) in [7, 11) is 0. The molecule has 0 atom stereocenters. The maximum Gasteiger partial charge on any atom is 0.172 e. The van der Waals surface area contributed by atoms with Crippen LogP contribution in [0.3, 0.4) is 0 Å². The topological polar surface area (TPSA) is 38.3 Å². The second kappa shape index (κ2) is 2.68. The molecule has 1 aliphatic heterocycles. The second-order valence-corrected chi connectivity index (χ2v) is 3.27. The maximum absolute atomic E-state index is 10.8. The molecule has 0 unspecified atom stereocenters. The largest absolute Gasteiger partial charge is 0.372 e. The minimum Gasteiger partial charge on any atom is -0.372 e. The first kappa shape index (κ1) is 7.69. The van der Waals surface area contributed by atoms with Gasteiger partial charge in [0.25, 0.3) is 0 Å². The van der Waals surface area contributed by atoms with Gasteiger partial charge >= 0.3 is 0 Å². The fourth-order valence-electron chi connectivity index (χ4n) is 0.860. The summed E-state index contributed by atoms with van der Waals surface area (Å²) in [4.78, 5) is 10.8. The highest BCUT2D eigenvalue weighted by Gasteiger charge is 2.22. The normalized spacial score (nSPS) is 26.0. The van der Waals surface area contributed by atoms with Crippen molar-refractivity contribution in [3.63, 3.8) is 0 Å². The number of nitrogens with one attached hydrogen (secondary N) is 1. The van der Waals surface area contributed by atoms with Gasteiger partial charge in [-0.3, -0.25) is 4.79 Å². The predicted molar refractivity (Wildman–Crippen MR) is 37.9 cm³/mol. The Labute approximate surface area is 60.7 Å². The van der Waals surface area contributed by atoms with Crippen molar-refractivity contribution in [3.05, 3.63) is 0 Å². The Balaban J connectivity index is 2.48. The number of rotatable bonds is 0. The Morgan fingerprint density at radius 3 is 3.00 bits per heavy atom. The van der Waals surface area contributed by atoms with Crippen LogP contribution in [-0.4, -0.2) is 31.1 Å². The summed E-state index contributed by atoms with van der Waals surface area (Å²) in [5.74, 6) is 0.130. The second-order valence-electron chi connectivity index (χ2n) is 3.27. The molecular formula is C7H13NO2. The Bertz CT molecular complexity index is 143. The van der Waals surface area contributed by atoms with E-state index in [0.29, 0.717) is 13.2 Å². The average molecular weight is 143 g/mol. The summed E-state index contributed by atoms with van der Waals surface area (Å²) in [5, 5.41) is 3.10. The van der Waals surface area contributed by atoms with E-state index < -0.39 is 0 Å². The zero-order valence-corrected chi connectivity index (χ0v) is 6.44. The molecule has 10 heavy (non-hydrogen) atoms. The van der Waals surface area contributed by atoms with Crippen molar-refractivity contribution in [2.45, 2.75) is 19.4 Å². The van der Waals surface area contributed by atoms with Crippen LogP contribution in [0, 0.1) is 0 Å². The summed E-state index contributed by atoms with van der Waals surface area (Å²) < 4.78 is 5.11. The monoisotopic (exact) mass is 143 g/mol. The SMILES string of the molecule is CC1(C)COCC(=O)CN1. The lowest BCUT2D eigenvalue weighted by atomic mass is 10.1. The molecule has 0 aromatic heterocycles. The van der Waals surface area contributed by atoms with Crippen molar-refractivity contribution in [1.29, 1.82) is 0 Å². The first-order valence-corrected chi connectivity index (χ1v) is 3.45. The van der Waals surface area contributed by atoms with Crippen LogP contribution in [0.15, 0.2) is 0 Å². The predicted octanol–water partition coefficient (Wildman–Crippen LogP) is -0.0461. The molecule has 1 rings (SSSR count). The van der Waals surface area contributed by atoms with Crippen molar-refractivity contribution in [3.8, 4) is 0 Å². The highest BCUT2D eigenvalue weighted by atomic mass is 16.5. The van der Waals surface area contributed by atoms with E-state index >= 15 is 0 Å². The zero-order valence-electron chi connectivity index (χ0n) is 6.44. The molecular weight excluding hydrogens is 130 g/mol. The number of ether oxygens (including phenoxy) is 1. The van der Waals surface area contributed by atoms with E-state index in [-0.39, 0.29) is 17.9 Å². The summed E-state index contributed by atoms with van der Waals surface area (Å²) in [6, 6.07) is 0. The number of Topliss-reactive ketones (excluding diaryl/α,β-unsaturated/α-hetero) is 1. The van der Waals surface area contributed by atoms with Gasteiger partial charge in [0.05, 0.1) is 13.2 Å². The van der Waals surface area contributed by atoms with Crippen LogP contribution in [0.1, 0.15) is 13.8 Å². The van der Waals surface area contributed by atoms with E-state index in [1.54, 1.807) is 0 Å². The molecule has 3 heteroatoms. The Morgan fingerprint density at radius 1 is 1.60 bits per heavy atom. The van der Waals surface area contributed by atoms with Gasteiger partial charge in [-0.2, -0.15) is 0 Å². The minimum absolute atomic E-state index is 0.0494. The molecule has 1 heterocycles. The molecule has 0 spiro atoms. The first-order chi connectivity index (χ1) is 4.60. The number of hydrogen-bond acceptors (Lipinski definition) is 3. The van der Waals surface area contributed by atoms with Crippen LogP contribution in [0.4, 0.5) is 0 Å². The maximum atomic E-state index is 10.8. The van der Waals surface area contributed by atoms with Crippen LogP contribution in [0.25, 0.3) is 0 Å². The molecule has 1 fully saturated rings. The molecule has 0 bridgehead atoms. The van der Waals surface area contributed by atoms with Gasteiger partial charge in [0.1, 0.15) is 6.61 Å². The molecule has 0 aromatic carbocycles. The van der Waals surface area contributed by atoms with E-state index in [4.69, 9.17) is 4.74 Å². The lowest BCUT2D eigenvalue weighted by Gasteiger charge is -2.21. The fourth-order valence-corrected chi connectivity index (χ4v) is 0.860. The van der Waals surface area contributed by atoms with Gasteiger partial charge < -0.3 is 10.1 Å². The summed E-state index contributed by atoms with van der Waals surface area (Å²) in [6.45, 7) is 5.35. The zero-order chi connectivity index (χ0) is 7.61.